The van der Waals surface area contributed by atoms with Crippen LogP contribution in [0.15, 0.2) is 18.5 Å². The quantitative estimate of drug-likeness (QED) is 0.625. The van der Waals surface area contributed by atoms with Crippen molar-refractivity contribution in [2.75, 3.05) is 6.54 Å². The fourth-order valence-electron chi connectivity index (χ4n) is 4.98. The van der Waals surface area contributed by atoms with Gasteiger partial charge in [-0.1, -0.05) is 6.92 Å². The minimum Gasteiger partial charge on any atom is -0.345 e. The number of hydrogen-bond acceptors (Lipinski definition) is 5. The first-order chi connectivity index (χ1) is 14.6. The lowest BCUT2D eigenvalue weighted by Crippen LogP contribution is -2.51. The Hall–Kier alpha value is -2.25. The second-order valence-corrected chi connectivity index (χ2v) is 10.1. The van der Waals surface area contributed by atoms with E-state index in [0.29, 0.717) is 34.3 Å². The Bertz CT molecular complexity index is 1220. The van der Waals surface area contributed by atoms with Gasteiger partial charge >= 0.3 is 6.18 Å². The zero-order chi connectivity index (χ0) is 22.0. The summed E-state index contributed by atoms with van der Waals surface area (Å²) in [5.41, 5.74) is 2.09. The van der Waals surface area contributed by atoms with Crippen LogP contribution >= 0.6 is 0 Å². The van der Waals surface area contributed by atoms with E-state index in [1.165, 1.54) is 0 Å². The third-order valence-electron chi connectivity index (χ3n) is 6.39. The van der Waals surface area contributed by atoms with E-state index in [2.05, 4.69) is 24.9 Å². The van der Waals surface area contributed by atoms with Gasteiger partial charge in [0, 0.05) is 24.7 Å². The molecule has 1 aliphatic carbocycles. The monoisotopic (exact) mass is 457 g/mol. The van der Waals surface area contributed by atoms with Gasteiger partial charge in [-0.2, -0.15) is 30.6 Å². The van der Waals surface area contributed by atoms with Crippen molar-refractivity contribution >= 4 is 27.0 Å². The summed E-state index contributed by atoms with van der Waals surface area (Å²) in [5, 5.41) is 8.52. The molecule has 1 saturated heterocycles. The van der Waals surface area contributed by atoms with E-state index in [9.17, 15) is 21.6 Å². The summed E-state index contributed by atoms with van der Waals surface area (Å²) in [6, 6.07) is -0.572. The summed E-state index contributed by atoms with van der Waals surface area (Å²) in [7, 11) is -4.25. The van der Waals surface area contributed by atoms with E-state index in [1.54, 1.807) is 12.4 Å². The van der Waals surface area contributed by atoms with E-state index < -0.39 is 28.5 Å². The normalized spacial score (nSPS) is 28.3. The zero-order valence-electron chi connectivity index (χ0n) is 16.7. The van der Waals surface area contributed by atoms with Crippen LogP contribution in [0.2, 0.25) is 0 Å². The maximum atomic E-state index is 13.3. The fourth-order valence-corrected chi connectivity index (χ4v) is 6.65. The molecule has 0 aromatic carbocycles. The van der Waals surface area contributed by atoms with E-state index in [1.807, 2.05) is 17.4 Å². The number of aromatic amines is 1. The van der Waals surface area contributed by atoms with Crippen LogP contribution in [-0.2, 0) is 10.2 Å². The minimum atomic E-state index is -4.58. The largest absolute Gasteiger partial charge is 0.405 e. The molecule has 1 aliphatic heterocycles. The molecule has 0 bridgehead atoms. The summed E-state index contributed by atoms with van der Waals surface area (Å²) >= 11 is 0. The van der Waals surface area contributed by atoms with Gasteiger partial charge in [-0.05, 0) is 37.7 Å². The maximum Gasteiger partial charge on any atom is 0.405 e. The molecule has 168 valence electrons. The number of H-pyrrole nitrogens is 1. The molecule has 4 atom stereocenters. The Balaban J connectivity index is 1.39. The van der Waals surface area contributed by atoms with Crippen molar-refractivity contribution in [3.63, 3.8) is 0 Å². The number of halogens is 3. The molecule has 5 rings (SSSR count). The predicted octanol–water partition coefficient (Wildman–Crippen LogP) is 2.35. The Morgan fingerprint density at radius 1 is 1.26 bits per heavy atom. The lowest BCUT2D eigenvalue weighted by molar-refractivity contribution is -0.165. The summed E-state index contributed by atoms with van der Waals surface area (Å²) in [5.74, 6) is 0.671. The fraction of sp³-hybridized carbons (Fsp3) is 0.611. The van der Waals surface area contributed by atoms with Crippen molar-refractivity contribution in [2.24, 2.45) is 5.92 Å². The number of hydrogen-bond donors (Lipinski definition) is 2. The highest BCUT2D eigenvalue weighted by Crippen LogP contribution is 2.40. The molecule has 0 unspecified atom stereocenters. The molecule has 2 N–H and O–H groups in total. The molecule has 0 radical (unpaired) electrons. The van der Waals surface area contributed by atoms with E-state index in [4.69, 9.17) is 0 Å². The van der Waals surface area contributed by atoms with Gasteiger partial charge in [0.1, 0.15) is 11.9 Å². The van der Waals surface area contributed by atoms with Crippen LogP contribution in [0.1, 0.15) is 44.3 Å². The van der Waals surface area contributed by atoms with Gasteiger partial charge in [-0.3, -0.25) is 4.40 Å². The highest BCUT2D eigenvalue weighted by Gasteiger charge is 2.51. The number of rotatable bonds is 4. The smallest absolute Gasteiger partial charge is 0.345 e. The van der Waals surface area contributed by atoms with Crippen molar-refractivity contribution in [1.82, 2.24) is 33.6 Å². The van der Waals surface area contributed by atoms with Crippen LogP contribution in [-0.4, -0.2) is 62.1 Å². The van der Waals surface area contributed by atoms with Crippen LogP contribution in [0.4, 0.5) is 13.2 Å². The first-order valence-electron chi connectivity index (χ1n) is 10.2. The Morgan fingerprint density at radius 3 is 2.84 bits per heavy atom. The Morgan fingerprint density at radius 2 is 2.06 bits per heavy atom. The van der Waals surface area contributed by atoms with Gasteiger partial charge < -0.3 is 4.98 Å². The van der Waals surface area contributed by atoms with E-state index in [-0.39, 0.29) is 31.2 Å². The molecule has 31 heavy (non-hydrogen) atoms. The third kappa shape index (κ3) is 3.48. The van der Waals surface area contributed by atoms with Crippen LogP contribution in [0.3, 0.4) is 0 Å². The number of nitrogens with one attached hydrogen (secondary N) is 2. The molecule has 2 fully saturated rings. The van der Waals surface area contributed by atoms with E-state index in [0.717, 1.165) is 5.52 Å². The molecule has 0 amide bonds. The first-order valence-corrected chi connectivity index (χ1v) is 11.6. The minimum absolute atomic E-state index is 0.0687. The second kappa shape index (κ2) is 7.14. The zero-order valence-corrected chi connectivity index (χ0v) is 17.5. The van der Waals surface area contributed by atoms with Gasteiger partial charge in [0.2, 0.25) is 0 Å². The highest BCUT2D eigenvalue weighted by atomic mass is 32.2. The molecule has 9 nitrogen and oxygen atoms in total. The standard InChI is InChI=1S/C18H22F3N7O2S/c1-10-7-11(26-31(29,30)27-6-2-3-14(27)18(19,20)21)8-12(10)17-25-24-15-9-23-16-13(28(15)17)4-5-22-16/h4-5,9-12,14,22,26H,2-3,6-8H2,1H3/t10-,11+,12+,14-/m1/s1. The first kappa shape index (κ1) is 20.6. The summed E-state index contributed by atoms with van der Waals surface area (Å²) in [4.78, 5) is 7.34. The number of alkyl halides is 3. The Labute approximate surface area is 176 Å². The molecule has 4 heterocycles. The number of fused-ring (bicyclic) bond motifs is 3. The molecule has 0 spiro atoms. The van der Waals surface area contributed by atoms with Gasteiger partial charge in [0.25, 0.3) is 10.2 Å². The summed E-state index contributed by atoms with van der Waals surface area (Å²) in [6.45, 7) is 1.86. The van der Waals surface area contributed by atoms with Crippen LogP contribution in [0.5, 0.6) is 0 Å². The molecule has 13 heteroatoms. The average Bonchev–Trinajstić information content (AvgIpc) is 3.45. The molecular formula is C18H22F3N7O2S. The lowest BCUT2D eigenvalue weighted by Gasteiger charge is -2.27. The molecule has 2 aliphatic rings. The van der Waals surface area contributed by atoms with E-state index >= 15 is 0 Å². The number of aromatic nitrogens is 5. The van der Waals surface area contributed by atoms with Crippen LogP contribution in [0, 0.1) is 5.92 Å². The van der Waals surface area contributed by atoms with Crippen LogP contribution < -0.4 is 4.72 Å². The molecule has 3 aromatic heterocycles. The highest BCUT2D eigenvalue weighted by molar-refractivity contribution is 7.87. The SMILES string of the molecule is C[C@@H]1C[C@H](NS(=O)(=O)N2CCC[C@@H]2C(F)(F)F)C[C@@H]1c1nnc2cnc3[nH]ccc3n12. The van der Waals surface area contributed by atoms with Crippen molar-refractivity contribution in [3.05, 3.63) is 24.3 Å². The van der Waals surface area contributed by atoms with Crippen molar-refractivity contribution in [2.45, 2.75) is 56.8 Å². The van der Waals surface area contributed by atoms with Crippen molar-refractivity contribution in [1.29, 1.82) is 0 Å². The van der Waals surface area contributed by atoms with Gasteiger partial charge in [-0.15, -0.1) is 10.2 Å². The third-order valence-corrected chi connectivity index (χ3v) is 8.07. The average molecular weight is 457 g/mol. The van der Waals surface area contributed by atoms with Crippen LogP contribution in [0.25, 0.3) is 16.8 Å². The molecular weight excluding hydrogens is 435 g/mol. The van der Waals surface area contributed by atoms with Gasteiger partial charge in [0.15, 0.2) is 11.3 Å². The Kier molecular flexibility index (Phi) is 4.75. The number of nitrogens with zero attached hydrogens (tertiary/aromatic N) is 5. The van der Waals surface area contributed by atoms with Crippen molar-refractivity contribution < 1.29 is 21.6 Å². The lowest BCUT2D eigenvalue weighted by atomic mass is 9.97. The molecule has 3 aromatic rings. The van der Waals surface area contributed by atoms with Crippen molar-refractivity contribution in [3.8, 4) is 0 Å². The van der Waals surface area contributed by atoms with Gasteiger partial charge in [-0.25, -0.2) is 4.98 Å². The summed E-state index contributed by atoms with van der Waals surface area (Å²) in [6.07, 6.45) is -0.275. The topological polar surface area (TPSA) is 108 Å². The maximum absolute atomic E-state index is 13.3. The van der Waals surface area contributed by atoms with Gasteiger partial charge in [0.05, 0.1) is 11.7 Å². The summed E-state index contributed by atoms with van der Waals surface area (Å²) < 4.78 is 70.3. The predicted molar refractivity (Wildman–Crippen MR) is 105 cm³/mol. The second-order valence-electron chi connectivity index (χ2n) is 8.41. The molecule has 1 saturated carbocycles.